The van der Waals surface area contributed by atoms with E-state index < -0.39 is 47.9 Å². The van der Waals surface area contributed by atoms with E-state index in [4.69, 9.17) is 4.74 Å². The number of hydrogen-bond donors (Lipinski definition) is 4. The average Bonchev–Trinajstić information content (AvgIpc) is 4.27. The first-order valence-electron chi connectivity index (χ1n) is 23.1. The number of nitrogens with one attached hydrogen (secondary N) is 3. The third-order valence-corrected chi connectivity index (χ3v) is 12.1. The van der Waals surface area contributed by atoms with Crippen molar-refractivity contribution < 1.29 is 73.6 Å². The van der Waals surface area contributed by atoms with Gasteiger partial charge in [-0.15, -0.1) is 26.3 Å². The van der Waals surface area contributed by atoms with E-state index in [1.807, 2.05) is 4.90 Å². The highest BCUT2D eigenvalue weighted by atomic mass is 19.4. The number of rotatable bonds is 15. The molecule has 2 unspecified atom stereocenters. The van der Waals surface area contributed by atoms with Crippen molar-refractivity contribution in [3.8, 4) is 11.5 Å². The zero-order chi connectivity index (χ0) is 51.6. The first-order chi connectivity index (χ1) is 33.6. The molecule has 25 heteroatoms. The Kier molecular flexibility index (Phi) is 18.0. The molecule has 17 nitrogen and oxygen atoms in total. The quantitative estimate of drug-likeness (QED) is 0.0936. The molecule has 2 aliphatic carbocycles. The van der Waals surface area contributed by atoms with Gasteiger partial charge in [-0.1, -0.05) is 26.0 Å². The standard InChI is InChI=1S/C24H32F4N4O5.C22H25F4N5O3/c1-14(2)21(33)36-13-15-8-18(12-31(11-15)22(34)29-3)32(17-5-6-17)23(35)30-10-16-4-7-19(9-20(16)25)37-24(26,27)28;23-19-9-18(34-22(24,25)26)5-2-15(19)10-29-21(33)31(16-3-4-16)17-8-14(13-32)11-30(12-17)20-27-6-1-7-28-20/h4,7,9,14-15,17-18H,5-6,8,10-13H2,1-3H3,(H,29,34)(H,30,35);1-2,5-7,9,14,16-17,32H,3-4,8,10-13H2,(H,29,33)/t;14-,17+/m.0/s1. The maximum atomic E-state index is 14.3. The molecule has 6 amide bonds. The zero-order valence-corrected chi connectivity index (χ0v) is 39.1. The van der Waals surface area contributed by atoms with Crippen LogP contribution in [0.5, 0.6) is 11.5 Å². The summed E-state index contributed by atoms with van der Waals surface area (Å²) in [6, 6.07) is 5.41. The third-order valence-electron chi connectivity index (χ3n) is 12.1. The Morgan fingerprint density at radius 3 is 1.66 bits per heavy atom. The van der Waals surface area contributed by atoms with Crippen LogP contribution >= 0.6 is 0 Å². The molecule has 0 radical (unpaired) electrons. The lowest BCUT2D eigenvalue weighted by Crippen LogP contribution is -2.58. The number of nitrogens with zero attached hydrogens (tertiary/aromatic N) is 6. The van der Waals surface area contributed by atoms with Crippen LogP contribution in [0, 0.1) is 29.4 Å². The summed E-state index contributed by atoms with van der Waals surface area (Å²) in [5.74, 6) is -3.61. The highest BCUT2D eigenvalue weighted by molar-refractivity contribution is 5.77. The van der Waals surface area contributed by atoms with E-state index in [0.717, 1.165) is 49.9 Å². The fourth-order valence-corrected chi connectivity index (χ4v) is 8.54. The molecule has 0 spiro atoms. The first kappa shape index (κ1) is 53.9. The lowest BCUT2D eigenvalue weighted by atomic mass is 9.93. The Balaban J connectivity index is 0.000000233. The number of amides is 6. The van der Waals surface area contributed by atoms with Crippen LogP contribution < -0.4 is 30.3 Å². The molecule has 4 atom stereocenters. The molecule has 4 aliphatic rings. The zero-order valence-electron chi connectivity index (χ0n) is 39.1. The van der Waals surface area contributed by atoms with Crippen LogP contribution in [0.4, 0.5) is 55.5 Å². The molecule has 7 rings (SSSR count). The second-order valence-corrected chi connectivity index (χ2v) is 18.1. The van der Waals surface area contributed by atoms with Crippen LogP contribution in [-0.2, 0) is 22.6 Å². The van der Waals surface area contributed by atoms with Crippen LogP contribution in [0.15, 0.2) is 54.9 Å². The number of benzene rings is 2. The van der Waals surface area contributed by atoms with Crippen LogP contribution in [0.1, 0.15) is 63.5 Å². The summed E-state index contributed by atoms with van der Waals surface area (Å²) in [6.45, 7) is 4.76. The summed E-state index contributed by atoms with van der Waals surface area (Å²) < 4.78 is 116. The number of carbonyl (C=O) groups is 4. The van der Waals surface area contributed by atoms with Gasteiger partial charge < -0.3 is 54.9 Å². The highest BCUT2D eigenvalue weighted by Crippen LogP contribution is 2.35. The number of carbonyl (C=O) groups excluding carboxylic acids is 4. The molecule has 0 bridgehead atoms. The Morgan fingerprint density at radius 2 is 1.23 bits per heavy atom. The molecule has 2 saturated carbocycles. The number of hydrogen-bond acceptors (Lipinski definition) is 11. The summed E-state index contributed by atoms with van der Waals surface area (Å²) >= 11 is 0. The van der Waals surface area contributed by atoms with E-state index in [-0.39, 0.29) is 97.9 Å². The second-order valence-electron chi connectivity index (χ2n) is 18.1. The Labute approximate surface area is 404 Å². The van der Waals surface area contributed by atoms with Gasteiger partial charge in [0.2, 0.25) is 5.95 Å². The number of alkyl halides is 6. The van der Waals surface area contributed by atoms with Gasteiger partial charge in [0.05, 0.1) is 24.6 Å². The molecule has 1 aromatic heterocycles. The monoisotopic (exact) mass is 1020 g/mol. The van der Waals surface area contributed by atoms with Crippen molar-refractivity contribution >= 4 is 30.0 Å². The van der Waals surface area contributed by atoms with Crippen LogP contribution in [0.3, 0.4) is 0 Å². The number of esters is 1. The Bertz CT molecular complexity index is 2290. The van der Waals surface area contributed by atoms with Gasteiger partial charge in [0.15, 0.2) is 0 Å². The molecular formula is C46H57F8N9O8. The molecule has 2 aliphatic heterocycles. The molecule has 2 aromatic carbocycles. The summed E-state index contributed by atoms with van der Waals surface area (Å²) in [5, 5.41) is 17.7. The van der Waals surface area contributed by atoms with E-state index in [0.29, 0.717) is 50.6 Å². The number of aliphatic hydroxyl groups is 1. The smallest absolute Gasteiger partial charge is 0.465 e. The van der Waals surface area contributed by atoms with Crippen LogP contribution in [0.25, 0.3) is 0 Å². The van der Waals surface area contributed by atoms with Crippen LogP contribution in [0.2, 0.25) is 0 Å². The number of aliphatic hydroxyl groups excluding tert-OH is 1. The van der Waals surface area contributed by atoms with Gasteiger partial charge in [0.1, 0.15) is 23.1 Å². The lowest BCUT2D eigenvalue weighted by Gasteiger charge is -2.42. The molecule has 2 saturated heterocycles. The van der Waals surface area contributed by atoms with E-state index in [1.54, 1.807) is 47.0 Å². The molecule has 4 fully saturated rings. The molecule has 4 N–H and O–H groups in total. The van der Waals surface area contributed by atoms with E-state index in [1.165, 1.54) is 7.05 Å². The van der Waals surface area contributed by atoms with E-state index >= 15 is 0 Å². The van der Waals surface area contributed by atoms with Crippen molar-refractivity contribution in [1.29, 1.82) is 0 Å². The minimum Gasteiger partial charge on any atom is -0.465 e. The van der Waals surface area contributed by atoms with Gasteiger partial charge in [0, 0.05) is 112 Å². The highest BCUT2D eigenvalue weighted by Gasteiger charge is 2.44. The number of aromatic nitrogens is 2. The Morgan fingerprint density at radius 1 is 0.732 bits per heavy atom. The van der Waals surface area contributed by atoms with E-state index in [9.17, 15) is 59.4 Å². The largest absolute Gasteiger partial charge is 0.573 e. The number of urea groups is 3. The van der Waals surface area contributed by atoms with E-state index in [2.05, 4.69) is 35.4 Å². The van der Waals surface area contributed by atoms with Gasteiger partial charge in [-0.25, -0.2) is 33.1 Å². The molecule has 71 heavy (non-hydrogen) atoms. The Hall–Kier alpha value is -6.40. The number of likely N-dealkylation sites (tertiary alicyclic amines) is 1. The van der Waals surface area contributed by atoms with Crippen molar-refractivity contribution in [2.45, 2.75) is 102 Å². The van der Waals surface area contributed by atoms with Gasteiger partial charge in [-0.05, 0) is 56.7 Å². The van der Waals surface area contributed by atoms with Crippen molar-refractivity contribution in [2.75, 3.05) is 51.3 Å². The second kappa shape index (κ2) is 23.7. The predicted octanol–water partition coefficient (Wildman–Crippen LogP) is 6.70. The van der Waals surface area contributed by atoms with Gasteiger partial charge in [-0.3, -0.25) is 4.79 Å². The fourth-order valence-electron chi connectivity index (χ4n) is 8.54. The third kappa shape index (κ3) is 16.1. The molecule has 3 heterocycles. The molecular weight excluding hydrogens is 959 g/mol. The minimum absolute atomic E-state index is 0.00673. The normalized spacial score (nSPS) is 20.2. The molecule has 3 aromatic rings. The summed E-state index contributed by atoms with van der Waals surface area (Å²) in [7, 11) is 1.50. The van der Waals surface area contributed by atoms with Crippen molar-refractivity contribution in [2.24, 2.45) is 17.8 Å². The van der Waals surface area contributed by atoms with Gasteiger partial charge >= 0.3 is 36.8 Å². The van der Waals surface area contributed by atoms with Crippen molar-refractivity contribution in [3.05, 3.63) is 77.6 Å². The number of piperidine rings is 2. The minimum atomic E-state index is -4.94. The first-order valence-corrected chi connectivity index (χ1v) is 23.1. The number of halogens is 8. The SMILES string of the molecule is CNC(=O)N1CC(COC(=O)C(C)C)CC(N(C(=O)NCc2ccc(OC(F)(F)F)cc2F)C2CC2)C1.O=C(NCc1ccc(OC(F)(F)F)cc1F)N(C1CC1)[C@@H]1C[C@H](CO)CN(c2ncccn2)C1. The number of anilines is 1. The van der Waals surface area contributed by atoms with Crippen molar-refractivity contribution in [3.63, 3.8) is 0 Å². The van der Waals surface area contributed by atoms with Gasteiger partial charge in [0.25, 0.3) is 0 Å². The summed E-state index contributed by atoms with van der Waals surface area (Å²) in [4.78, 5) is 66.1. The maximum absolute atomic E-state index is 14.3. The van der Waals surface area contributed by atoms with Gasteiger partial charge in [-0.2, -0.15) is 0 Å². The molecule has 390 valence electrons. The number of ether oxygens (including phenoxy) is 3. The topological polar surface area (TPSA) is 191 Å². The summed E-state index contributed by atoms with van der Waals surface area (Å²) in [5.41, 5.74) is 0.0301. The fraction of sp³-hybridized carbons (Fsp3) is 0.565. The van der Waals surface area contributed by atoms with Crippen LogP contribution in [-0.4, -0.2) is 137 Å². The predicted molar refractivity (Wildman–Crippen MR) is 237 cm³/mol. The summed E-state index contributed by atoms with van der Waals surface area (Å²) in [6.07, 6.45) is -2.28. The maximum Gasteiger partial charge on any atom is 0.573 e. The average molecular weight is 1020 g/mol. The lowest BCUT2D eigenvalue weighted by molar-refractivity contribution is -0.275. The van der Waals surface area contributed by atoms with Crippen molar-refractivity contribution in [1.82, 2.24) is 40.6 Å².